The van der Waals surface area contributed by atoms with Crippen LogP contribution in [-0.2, 0) is 0 Å². The molecule has 4 N–H and O–H groups in total. The lowest BCUT2D eigenvalue weighted by molar-refractivity contribution is -0.0669. The van der Waals surface area contributed by atoms with Crippen LogP contribution in [0.1, 0.15) is 26.2 Å². The van der Waals surface area contributed by atoms with Crippen molar-refractivity contribution in [1.82, 2.24) is 0 Å². The van der Waals surface area contributed by atoms with Gasteiger partial charge in [0.15, 0.2) is 0 Å². The predicted octanol–water partition coefficient (Wildman–Crippen LogP) is -0.996. The van der Waals surface area contributed by atoms with Crippen LogP contribution in [-0.4, -0.2) is 44.3 Å². The highest BCUT2D eigenvalue weighted by Gasteiger charge is 2.36. The van der Waals surface area contributed by atoms with Crippen molar-refractivity contribution in [2.24, 2.45) is 0 Å². The van der Waals surface area contributed by atoms with Crippen LogP contribution in [0.25, 0.3) is 0 Å². The van der Waals surface area contributed by atoms with Crippen molar-refractivity contribution in [3.05, 3.63) is 0 Å². The van der Waals surface area contributed by atoms with Gasteiger partial charge in [-0.3, -0.25) is 0 Å². The molecular formula is C8H16O4. The van der Waals surface area contributed by atoms with Gasteiger partial charge in [0.25, 0.3) is 0 Å². The van der Waals surface area contributed by atoms with E-state index < -0.39 is 23.9 Å². The second-order valence-electron chi connectivity index (χ2n) is 3.87. The molecule has 72 valence electrons. The molecule has 0 aromatic rings. The zero-order valence-corrected chi connectivity index (χ0v) is 7.14. The maximum Gasteiger partial charge on any atom is 0.106 e. The number of hydrogen-bond donors (Lipinski definition) is 4. The molecule has 0 radical (unpaired) electrons. The van der Waals surface area contributed by atoms with Gasteiger partial charge in [-0.1, -0.05) is 0 Å². The van der Waals surface area contributed by atoms with Crippen LogP contribution >= 0.6 is 0 Å². The Bertz CT molecular complexity index is 157. The number of aliphatic hydroxyl groups excluding tert-OH is 3. The zero-order valence-electron chi connectivity index (χ0n) is 7.14. The van der Waals surface area contributed by atoms with Crippen molar-refractivity contribution in [2.75, 3.05) is 0 Å². The van der Waals surface area contributed by atoms with Gasteiger partial charge in [0.05, 0.1) is 17.8 Å². The average Bonchev–Trinajstić information content (AvgIpc) is 2.03. The topological polar surface area (TPSA) is 80.9 Å². The van der Waals surface area contributed by atoms with Crippen molar-refractivity contribution >= 4 is 0 Å². The molecule has 0 spiro atoms. The van der Waals surface area contributed by atoms with E-state index in [0.29, 0.717) is 12.8 Å². The Morgan fingerprint density at radius 2 is 1.75 bits per heavy atom. The Morgan fingerprint density at radius 1 is 1.17 bits per heavy atom. The van der Waals surface area contributed by atoms with Gasteiger partial charge < -0.3 is 20.4 Å². The van der Waals surface area contributed by atoms with Crippen LogP contribution in [0.4, 0.5) is 0 Å². The number of rotatable bonds is 0. The molecule has 4 heteroatoms. The molecule has 1 saturated carbocycles. The number of aliphatic hydroxyl groups is 4. The van der Waals surface area contributed by atoms with Crippen LogP contribution in [0.15, 0.2) is 0 Å². The molecule has 0 aromatic heterocycles. The molecule has 0 aliphatic heterocycles. The smallest absolute Gasteiger partial charge is 0.106 e. The standard InChI is InChI=1S/C8H16O4/c1-8(12)3-2-5(9)7(11)6(10)4-8/h5-7,9-12H,2-4H2,1H3. The molecule has 0 heterocycles. The van der Waals surface area contributed by atoms with Crippen LogP contribution in [0.2, 0.25) is 0 Å². The predicted molar refractivity (Wildman–Crippen MR) is 42.5 cm³/mol. The van der Waals surface area contributed by atoms with Crippen molar-refractivity contribution in [3.8, 4) is 0 Å². The van der Waals surface area contributed by atoms with Crippen LogP contribution < -0.4 is 0 Å². The van der Waals surface area contributed by atoms with E-state index in [2.05, 4.69) is 0 Å². The summed E-state index contributed by atoms with van der Waals surface area (Å²) in [5.41, 5.74) is -0.974. The fourth-order valence-corrected chi connectivity index (χ4v) is 1.56. The minimum Gasteiger partial charge on any atom is -0.390 e. The Balaban J connectivity index is 2.66. The lowest BCUT2D eigenvalue weighted by Gasteiger charge is -2.23. The summed E-state index contributed by atoms with van der Waals surface area (Å²) in [5.74, 6) is 0. The Hall–Kier alpha value is -0.160. The summed E-state index contributed by atoms with van der Waals surface area (Å²) in [6.45, 7) is 1.60. The Kier molecular flexibility index (Phi) is 2.73. The molecule has 4 atom stereocenters. The molecule has 0 amide bonds. The van der Waals surface area contributed by atoms with Gasteiger partial charge in [-0.15, -0.1) is 0 Å². The first-order valence-electron chi connectivity index (χ1n) is 4.19. The molecular weight excluding hydrogens is 160 g/mol. The van der Waals surface area contributed by atoms with Crippen LogP contribution in [0.3, 0.4) is 0 Å². The summed E-state index contributed by atoms with van der Waals surface area (Å²) >= 11 is 0. The van der Waals surface area contributed by atoms with E-state index in [1.165, 1.54) is 0 Å². The van der Waals surface area contributed by atoms with Crippen LogP contribution in [0.5, 0.6) is 0 Å². The Morgan fingerprint density at radius 3 is 2.33 bits per heavy atom. The van der Waals surface area contributed by atoms with Gasteiger partial charge in [-0.05, 0) is 19.8 Å². The molecule has 0 saturated heterocycles. The largest absolute Gasteiger partial charge is 0.390 e. The van der Waals surface area contributed by atoms with E-state index in [1.54, 1.807) is 6.92 Å². The van der Waals surface area contributed by atoms with Gasteiger partial charge >= 0.3 is 0 Å². The van der Waals surface area contributed by atoms with Gasteiger partial charge in [0.1, 0.15) is 6.10 Å². The second kappa shape index (κ2) is 3.30. The maximum absolute atomic E-state index is 9.58. The number of hydrogen-bond acceptors (Lipinski definition) is 4. The summed E-state index contributed by atoms with van der Waals surface area (Å²) < 4.78 is 0. The van der Waals surface area contributed by atoms with Crippen LogP contribution in [0, 0.1) is 0 Å². The van der Waals surface area contributed by atoms with Crippen molar-refractivity contribution in [3.63, 3.8) is 0 Å². The quantitative estimate of drug-likeness (QED) is 0.357. The third-order valence-electron chi connectivity index (χ3n) is 2.42. The molecule has 0 bridgehead atoms. The third kappa shape index (κ3) is 2.17. The van der Waals surface area contributed by atoms with E-state index in [4.69, 9.17) is 0 Å². The first-order chi connectivity index (χ1) is 5.42. The first-order valence-corrected chi connectivity index (χ1v) is 4.19. The molecule has 12 heavy (non-hydrogen) atoms. The fourth-order valence-electron chi connectivity index (χ4n) is 1.56. The molecule has 1 aliphatic carbocycles. The van der Waals surface area contributed by atoms with E-state index in [0.717, 1.165) is 0 Å². The average molecular weight is 176 g/mol. The molecule has 4 unspecified atom stereocenters. The highest BCUT2D eigenvalue weighted by Crippen LogP contribution is 2.27. The van der Waals surface area contributed by atoms with Gasteiger partial charge in [-0.25, -0.2) is 0 Å². The lowest BCUT2D eigenvalue weighted by atomic mass is 9.96. The SMILES string of the molecule is CC1(O)CCC(O)C(O)C(O)C1. The maximum atomic E-state index is 9.58. The summed E-state index contributed by atoms with van der Waals surface area (Å²) in [4.78, 5) is 0. The summed E-state index contributed by atoms with van der Waals surface area (Å²) in [5, 5.41) is 37.4. The van der Waals surface area contributed by atoms with E-state index >= 15 is 0 Å². The molecule has 1 fully saturated rings. The van der Waals surface area contributed by atoms with Gasteiger partial charge in [-0.2, -0.15) is 0 Å². The highest BCUT2D eigenvalue weighted by atomic mass is 16.4. The summed E-state index contributed by atoms with van der Waals surface area (Å²) in [6, 6.07) is 0. The fraction of sp³-hybridized carbons (Fsp3) is 1.00. The van der Waals surface area contributed by atoms with E-state index in [9.17, 15) is 20.4 Å². The Labute approximate surface area is 71.5 Å². The lowest BCUT2D eigenvalue weighted by Crippen LogP contribution is -2.37. The van der Waals surface area contributed by atoms with Crippen molar-refractivity contribution < 1.29 is 20.4 Å². The monoisotopic (exact) mass is 176 g/mol. The minimum absolute atomic E-state index is 0.116. The minimum atomic E-state index is -1.13. The molecule has 1 aliphatic rings. The molecule has 0 aromatic carbocycles. The second-order valence-corrected chi connectivity index (χ2v) is 3.87. The van der Waals surface area contributed by atoms with Crippen molar-refractivity contribution in [2.45, 2.75) is 50.1 Å². The van der Waals surface area contributed by atoms with Gasteiger partial charge in [0.2, 0.25) is 0 Å². The molecule has 4 nitrogen and oxygen atoms in total. The highest BCUT2D eigenvalue weighted by molar-refractivity contribution is 4.88. The summed E-state index contributed by atoms with van der Waals surface area (Å²) in [7, 11) is 0. The van der Waals surface area contributed by atoms with E-state index in [-0.39, 0.29) is 6.42 Å². The first kappa shape index (κ1) is 9.92. The normalized spacial score (nSPS) is 50.2. The van der Waals surface area contributed by atoms with E-state index in [1.807, 2.05) is 0 Å². The zero-order chi connectivity index (χ0) is 9.35. The third-order valence-corrected chi connectivity index (χ3v) is 2.42. The van der Waals surface area contributed by atoms with Gasteiger partial charge in [0, 0.05) is 6.42 Å². The molecule has 1 rings (SSSR count). The van der Waals surface area contributed by atoms with Crippen molar-refractivity contribution in [1.29, 1.82) is 0 Å². The summed E-state index contributed by atoms with van der Waals surface area (Å²) in [6.07, 6.45) is -2.23.